The Morgan fingerprint density at radius 1 is 1.24 bits per heavy atom. The molecule has 1 aromatic carbocycles. The molecule has 0 spiro atoms. The van der Waals surface area contributed by atoms with Crippen molar-refractivity contribution < 1.29 is 0 Å². The maximum atomic E-state index is 5.84. The van der Waals surface area contributed by atoms with Crippen molar-refractivity contribution in [3.63, 3.8) is 0 Å². The van der Waals surface area contributed by atoms with Gasteiger partial charge in [0.1, 0.15) is 0 Å². The van der Waals surface area contributed by atoms with Gasteiger partial charge < -0.3 is 5.73 Å². The topological polar surface area (TPSA) is 29.3 Å². The first-order valence-corrected chi connectivity index (χ1v) is 6.79. The van der Waals surface area contributed by atoms with Crippen LogP contribution in [-0.2, 0) is 6.42 Å². The summed E-state index contributed by atoms with van der Waals surface area (Å²) in [5.41, 5.74) is 8.62. The second kappa shape index (κ2) is 6.18. The molecule has 2 heteroatoms. The van der Waals surface area contributed by atoms with Crippen LogP contribution in [0.1, 0.15) is 30.4 Å². The first-order chi connectivity index (χ1) is 8.29. The van der Waals surface area contributed by atoms with E-state index in [0.717, 1.165) is 19.5 Å². The highest BCUT2D eigenvalue weighted by Gasteiger charge is 2.20. The average molecular weight is 232 g/mol. The minimum absolute atomic E-state index is 0.620. The Morgan fingerprint density at radius 3 is 2.71 bits per heavy atom. The number of aryl methyl sites for hydroxylation is 1. The SMILES string of the molecule is Cc1ccc(CCN2CCCCC2CN)cc1. The maximum absolute atomic E-state index is 5.84. The fraction of sp³-hybridized carbons (Fsp3) is 0.600. The average Bonchev–Trinajstić information content (AvgIpc) is 2.38. The first kappa shape index (κ1) is 12.6. The monoisotopic (exact) mass is 232 g/mol. The van der Waals surface area contributed by atoms with E-state index in [2.05, 4.69) is 36.1 Å². The molecule has 0 aromatic heterocycles. The van der Waals surface area contributed by atoms with Gasteiger partial charge in [-0.05, 0) is 38.3 Å². The van der Waals surface area contributed by atoms with Gasteiger partial charge in [0.25, 0.3) is 0 Å². The van der Waals surface area contributed by atoms with Gasteiger partial charge in [0, 0.05) is 19.1 Å². The van der Waals surface area contributed by atoms with Crippen LogP contribution in [0.2, 0.25) is 0 Å². The minimum atomic E-state index is 0.620. The molecule has 2 N–H and O–H groups in total. The summed E-state index contributed by atoms with van der Waals surface area (Å²) in [6, 6.07) is 9.51. The number of piperidine rings is 1. The lowest BCUT2D eigenvalue weighted by molar-refractivity contribution is 0.155. The van der Waals surface area contributed by atoms with Crippen molar-refractivity contribution in [1.29, 1.82) is 0 Å². The summed E-state index contributed by atoms with van der Waals surface area (Å²) in [6.07, 6.45) is 5.12. The van der Waals surface area contributed by atoms with Crippen molar-refractivity contribution in [2.24, 2.45) is 5.73 Å². The van der Waals surface area contributed by atoms with Crippen LogP contribution in [0.5, 0.6) is 0 Å². The Hall–Kier alpha value is -0.860. The number of hydrogen-bond acceptors (Lipinski definition) is 2. The van der Waals surface area contributed by atoms with Crippen LogP contribution in [0.25, 0.3) is 0 Å². The predicted molar refractivity (Wildman–Crippen MR) is 73.1 cm³/mol. The molecular formula is C15H24N2. The number of nitrogens with two attached hydrogens (primary N) is 1. The van der Waals surface area contributed by atoms with Crippen LogP contribution in [0.4, 0.5) is 0 Å². The maximum Gasteiger partial charge on any atom is 0.0218 e. The van der Waals surface area contributed by atoms with Crippen molar-refractivity contribution >= 4 is 0 Å². The Kier molecular flexibility index (Phi) is 4.57. The normalized spacial score (nSPS) is 21.6. The number of likely N-dealkylation sites (tertiary alicyclic amines) is 1. The lowest BCUT2D eigenvalue weighted by atomic mass is 10.0. The van der Waals surface area contributed by atoms with Crippen LogP contribution in [-0.4, -0.2) is 30.6 Å². The molecule has 1 aliphatic rings. The zero-order valence-electron chi connectivity index (χ0n) is 10.9. The van der Waals surface area contributed by atoms with E-state index in [1.807, 2.05) is 0 Å². The molecule has 1 aromatic rings. The molecule has 1 unspecified atom stereocenters. The summed E-state index contributed by atoms with van der Waals surface area (Å²) in [4.78, 5) is 2.57. The van der Waals surface area contributed by atoms with E-state index in [4.69, 9.17) is 5.73 Å². The Balaban J connectivity index is 1.86. The summed E-state index contributed by atoms with van der Waals surface area (Å²) in [5, 5.41) is 0. The Labute approximate surface area is 105 Å². The van der Waals surface area contributed by atoms with Gasteiger partial charge in [-0.2, -0.15) is 0 Å². The summed E-state index contributed by atoms with van der Waals surface area (Å²) >= 11 is 0. The quantitative estimate of drug-likeness (QED) is 0.863. The molecule has 0 amide bonds. The van der Waals surface area contributed by atoms with Crippen molar-refractivity contribution in [2.45, 2.75) is 38.6 Å². The van der Waals surface area contributed by atoms with Crippen molar-refractivity contribution in [3.8, 4) is 0 Å². The second-order valence-corrected chi connectivity index (χ2v) is 5.16. The zero-order chi connectivity index (χ0) is 12.1. The molecule has 0 bridgehead atoms. The Morgan fingerprint density at radius 2 is 2.00 bits per heavy atom. The smallest absolute Gasteiger partial charge is 0.0218 e. The number of benzene rings is 1. The molecule has 0 radical (unpaired) electrons. The third-order valence-electron chi connectivity index (χ3n) is 3.83. The predicted octanol–water partition coefficient (Wildman–Crippen LogP) is 2.35. The zero-order valence-corrected chi connectivity index (χ0v) is 10.9. The molecule has 1 atom stereocenters. The molecule has 2 nitrogen and oxygen atoms in total. The van der Waals surface area contributed by atoms with Crippen molar-refractivity contribution in [3.05, 3.63) is 35.4 Å². The fourth-order valence-corrected chi connectivity index (χ4v) is 2.65. The lowest BCUT2D eigenvalue weighted by Crippen LogP contribution is -2.44. The highest BCUT2D eigenvalue weighted by molar-refractivity contribution is 5.21. The van der Waals surface area contributed by atoms with Gasteiger partial charge in [0.15, 0.2) is 0 Å². The fourth-order valence-electron chi connectivity index (χ4n) is 2.65. The standard InChI is InChI=1S/C15H24N2/c1-13-5-7-14(8-6-13)9-11-17-10-3-2-4-15(17)12-16/h5-8,15H,2-4,9-12,16H2,1H3. The third-order valence-corrected chi connectivity index (χ3v) is 3.83. The van der Waals surface area contributed by atoms with Crippen molar-refractivity contribution in [1.82, 2.24) is 4.90 Å². The number of hydrogen-bond donors (Lipinski definition) is 1. The van der Waals surface area contributed by atoms with Gasteiger partial charge in [-0.1, -0.05) is 36.2 Å². The summed E-state index contributed by atoms with van der Waals surface area (Å²) in [6.45, 7) is 5.34. The molecule has 94 valence electrons. The van der Waals surface area contributed by atoms with E-state index < -0.39 is 0 Å². The Bertz CT molecular complexity index is 331. The molecule has 1 aliphatic heterocycles. The van der Waals surface area contributed by atoms with Crippen LogP contribution in [0, 0.1) is 6.92 Å². The lowest BCUT2D eigenvalue weighted by Gasteiger charge is -2.35. The van der Waals surface area contributed by atoms with Crippen LogP contribution < -0.4 is 5.73 Å². The highest BCUT2D eigenvalue weighted by Crippen LogP contribution is 2.16. The van der Waals surface area contributed by atoms with Gasteiger partial charge in [0.2, 0.25) is 0 Å². The summed E-state index contributed by atoms with van der Waals surface area (Å²) in [7, 11) is 0. The van der Waals surface area contributed by atoms with E-state index in [0.29, 0.717) is 6.04 Å². The van der Waals surface area contributed by atoms with Crippen LogP contribution in [0.3, 0.4) is 0 Å². The minimum Gasteiger partial charge on any atom is -0.329 e. The van der Waals surface area contributed by atoms with Gasteiger partial charge >= 0.3 is 0 Å². The van der Waals surface area contributed by atoms with Gasteiger partial charge in [-0.25, -0.2) is 0 Å². The van der Waals surface area contributed by atoms with Gasteiger partial charge in [0.05, 0.1) is 0 Å². The van der Waals surface area contributed by atoms with E-state index in [1.54, 1.807) is 0 Å². The van der Waals surface area contributed by atoms with E-state index in [9.17, 15) is 0 Å². The molecule has 1 heterocycles. The van der Waals surface area contributed by atoms with E-state index >= 15 is 0 Å². The van der Waals surface area contributed by atoms with Crippen molar-refractivity contribution in [2.75, 3.05) is 19.6 Å². The molecule has 0 aliphatic carbocycles. The third kappa shape index (κ3) is 3.55. The molecule has 1 fully saturated rings. The highest BCUT2D eigenvalue weighted by atomic mass is 15.2. The van der Waals surface area contributed by atoms with Crippen LogP contribution in [0.15, 0.2) is 24.3 Å². The molecule has 0 saturated carbocycles. The molecular weight excluding hydrogens is 208 g/mol. The second-order valence-electron chi connectivity index (χ2n) is 5.16. The number of rotatable bonds is 4. The molecule has 1 saturated heterocycles. The van der Waals surface area contributed by atoms with Crippen LogP contribution >= 0.6 is 0 Å². The first-order valence-electron chi connectivity index (χ1n) is 6.79. The molecule has 17 heavy (non-hydrogen) atoms. The molecule has 2 rings (SSSR count). The van der Waals surface area contributed by atoms with E-state index in [1.165, 1.54) is 36.9 Å². The van der Waals surface area contributed by atoms with Gasteiger partial charge in [-0.3, -0.25) is 4.90 Å². The van der Waals surface area contributed by atoms with Gasteiger partial charge in [-0.15, -0.1) is 0 Å². The largest absolute Gasteiger partial charge is 0.329 e. The number of nitrogens with zero attached hydrogens (tertiary/aromatic N) is 1. The van der Waals surface area contributed by atoms with E-state index in [-0.39, 0.29) is 0 Å². The summed E-state index contributed by atoms with van der Waals surface area (Å²) < 4.78 is 0. The summed E-state index contributed by atoms with van der Waals surface area (Å²) in [5.74, 6) is 0.